The lowest BCUT2D eigenvalue weighted by molar-refractivity contribution is -0.138. The second-order valence-electron chi connectivity index (χ2n) is 6.36. The van der Waals surface area contributed by atoms with Crippen LogP contribution in [0.4, 0.5) is 0 Å². The highest BCUT2D eigenvalue weighted by atomic mass is 79.9. The minimum absolute atomic E-state index is 0.224. The summed E-state index contributed by atoms with van der Waals surface area (Å²) in [6.07, 6.45) is 0. The van der Waals surface area contributed by atoms with E-state index in [9.17, 15) is 9.59 Å². The normalized spacial score (nSPS) is 18.7. The highest BCUT2D eigenvalue weighted by molar-refractivity contribution is 9.11. The Morgan fingerprint density at radius 3 is 2.48 bits per heavy atom. The van der Waals surface area contributed by atoms with E-state index in [4.69, 9.17) is 4.74 Å². The number of esters is 1. The molecule has 136 valence electrons. The summed E-state index contributed by atoms with van der Waals surface area (Å²) in [5.74, 6) is -1.56. The van der Waals surface area contributed by atoms with Crippen LogP contribution in [0.25, 0.3) is 0 Å². The molecule has 1 aromatic heterocycles. The summed E-state index contributed by atoms with van der Waals surface area (Å²) in [6.45, 7) is 2.01. The van der Waals surface area contributed by atoms with Gasteiger partial charge in [0.15, 0.2) is 5.78 Å². The number of hydrogen-bond donors (Lipinski definition) is 0. The quantitative estimate of drug-likeness (QED) is 0.186. The van der Waals surface area contributed by atoms with Crippen molar-refractivity contribution >= 4 is 54.9 Å². The molecule has 2 atom stereocenters. The number of fused-ring (bicyclic) bond motifs is 1. The maximum atomic E-state index is 13.3. The first-order valence-corrected chi connectivity index (χ1v) is 10.7. The van der Waals surface area contributed by atoms with Gasteiger partial charge in [-0.1, -0.05) is 46.3 Å². The van der Waals surface area contributed by atoms with Gasteiger partial charge in [0.1, 0.15) is 11.7 Å². The van der Waals surface area contributed by atoms with Crippen molar-refractivity contribution in [2.45, 2.75) is 12.8 Å². The topological polar surface area (TPSA) is 43.4 Å². The van der Waals surface area contributed by atoms with Gasteiger partial charge in [-0.2, -0.15) is 0 Å². The zero-order valence-electron chi connectivity index (χ0n) is 14.2. The molecule has 0 saturated heterocycles. The van der Waals surface area contributed by atoms with Gasteiger partial charge >= 0.3 is 5.97 Å². The lowest BCUT2D eigenvalue weighted by Crippen LogP contribution is -2.37. The molecular formula is C21H14Br2O3S. The fourth-order valence-electron chi connectivity index (χ4n) is 3.38. The Bertz CT molecular complexity index is 1040. The van der Waals surface area contributed by atoms with Crippen molar-refractivity contribution in [2.75, 3.05) is 0 Å². The number of aryl methyl sites for hydroxylation is 1. The predicted octanol–water partition coefficient (Wildman–Crippen LogP) is 6.13. The van der Waals surface area contributed by atoms with Crippen molar-refractivity contribution in [2.24, 2.45) is 5.92 Å². The van der Waals surface area contributed by atoms with Crippen LogP contribution >= 0.6 is 43.2 Å². The van der Waals surface area contributed by atoms with Crippen LogP contribution in [0.5, 0.6) is 5.75 Å². The largest absolute Gasteiger partial charge is 0.424 e. The van der Waals surface area contributed by atoms with Crippen LogP contribution in [0.2, 0.25) is 0 Å². The molecule has 0 bridgehead atoms. The number of ether oxygens (including phenoxy) is 1. The van der Waals surface area contributed by atoms with Gasteiger partial charge < -0.3 is 4.74 Å². The molecule has 0 unspecified atom stereocenters. The number of carbonyl (C=O) groups excluding carboxylic acids is 2. The van der Waals surface area contributed by atoms with Crippen LogP contribution in [0.3, 0.4) is 0 Å². The Balaban J connectivity index is 1.91. The second-order valence-corrected chi connectivity index (χ2v) is 9.45. The average molecular weight is 506 g/mol. The number of benzene rings is 2. The van der Waals surface area contributed by atoms with Gasteiger partial charge in [-0.15, -0.1) is 11.3 Å². The Hall–Kier alpha value is -1.76. The Labute approximate surface area is 177 Å². The molecule has 3 nitrogen and oxygen atoms in total. The van der Waals surface area contributed by atoms with E-state index in [1.54, 1.807) is 35.6 Å². The van der Waals surface area contributed by atoms with Gasteiger partial charge in [-0.25, -0.2) is 0 Å². The third-order valence-corrected chi connectivity index (χ3v) is 6.70. The Morgan fingerprint density at radius 2 is 1.81 bits per heavy atom. The molecule has 0 aliphatic carbocycles. The van der Waals surface area contributed by atoms with Crippen LogP contribution in [-0.4, -0.2) is 11.8 Å². The molecule has 2 aromatic carbocycles. The lowest BCUT2D eigenvalue weighted by atomic mass is 9.78. The third-order valence-electron chi connectivity index (χ3n) is 4.57. The third kappa shape index (κ3) is 3.42. The molecule has 0 spiro atoms. The summed E-state index contributed by atoms with van der Waals surface area (Å²) in [5, 5.41) is 0. The summed E-state index contributed by atoms with van der Waals surface area (Å²) in [5.41, 5.74) is 1.34. The molecular weight excluding hydrogens is 492 g/mol. The Kier molecular flexibility index (Phi) is 5.05. The molecule has 0 fully saturated rings. The minimum Gasteiger partial charge on any atom is -0.424 e. The molecule has 1 aliphatic rings. The van der Waals surface area contributed by atoms with Crippen LogP contribution in [0.1, 0.15) is 31.6 Å². The summed E-state index contributed by atoms with van der Waals surface area (Å²) in [4.78, 5) is 28.3. The minimum atomic E-state index is -0.917. The van der Waals surface area contributed by atoms with Crippen LogP contribution < -0.4 is 4.74 Å². The van der Waals surface area contributed by atoms with Gasteiger partial charge in [-0.3, -0.25) is 9.59 Å². The van der Waals surface area contributed by atoms with E-state index in [0.29, 0.717) is 15.8 Å². The number of ketones is 1. The summed E-state index contributed by atoms with van der Waals surface area (Å²) in [7, 11) is 0. The molecule has 1 aliphatic heterocycles. The molecule has 2 heterocycles. The summed E-state index contributed by atoms with van der Waals surface area (Å²) >= 11 is 8.59. The van der Waals surface area contributed by atoms with E-state index in [1.165, 1.54) is 0 Å². The monoisotopic (exact) mass is 504 g/mol. The highest BCUT2D eigenvalue weighted by Crippen LogP contribution is 2.48. The number of thiophene rings is 1. The van der Waals surface area contributed by atoms with E-state index in [0.717, 1.165) is 19.8 Å². The van der Waals surface area contributed by atoms with Gasteiger partial charge in [-0.05, 0) is 47.1 Å². The molecule has 0 saturated carbocycles. The summed E-state index contributed by atoms with van der Waals surface area (Å²) < 4.78 is 7.15. The maximum Gasteiger partial charge on any atom is 0.323 e. The van der Waals surface area contributed by atoms with Gasteiger partial charge in [0, 0.05) is 31.3 Å². The van der Waals surface area contributed by atoms with Crippen molar-refractivity contribution < 1.29 is 14.3 Å². The zero-order valence-corrected chi connectivity index (χ0v) is 18.2. The van der Waals surface area contributed by atoms with Crippen LogP contribution in [-0.2, 0) is 4.79 Å². The number of hydrogen-bond acceptors (Lipinski definition) is 4. The fourth-order valence-corrected chi connectivity index (χ4v) is 5.75. The number of halogens is 2. The van der Waals surface area contributed by atoms with E-state index in [1.807, 2.05) is 37.3 Å². The van der Waals surface area contributed by atoms with Crippen molar-refractivity contribution in [3.8, 4) is 5.75 Å². The molecule has 3 aromatic rings. The van der Waals surface area contributed by atoms with Crippen molar-refractivity contribution in [3.05, 3.63) is 84.4 Å². The van der Waals surface area contributed by atoms with Crippen LogP contribution in [0, 0.1) is 12.8 Å². The van der Waals surface area contributed by atoms with E-state index >= 15 is 0 Å². The zero-order chi connectivity index (χ0) is 19.1. The van der Waals surface area contributed by atoms with Crippen LogP contribution in [0.15, 0.2) is 63.5 Å². The first kappa shape index (κ1) is 18.6. The van der Waals surface area contributed by atoms with Crippen molar-refractivity contribution in [1.29, 1.82) is 0 Å². The van der Waals surface area contributed by atoms with E-state index in [-0.39, 0.29) is 11.7 Å². The average Bonchev–Trinajstić information content (AvgIpc) is 3.07. The molecule has 0 radical (unpaired) electrons. The number of rotatable bonds is 3. The highest BCUT2D eigenvalue weighted by Gasteiger charge is 2.45. The molecule has 0 amide bonds. The van der Waals surface area contributed by atoms with Gasteiger partial charge in [0.25, 0.3) is 0 Å². The van der Waals surface area contributed by atoms with Crippen molar-refractivity contribution in [3.63, 3.8) is 0 Å². The standard InChI is InChI=1S/C21H14Br2O3S/c1-11-7-8-16(27-11)17-14-9-13(22)10-15(23)20(14)26-21(25)18(17)19(24)12-5-3-2-4-6-12/h2-10,17-18H,1H3/t17-,18+/m0/s1. The second kappa shape index (κ2) is 7.34. The fraction of sp³-hybridized carbons (Fsp3) is 0.143. The molecule has 6 heteroatoms. The smallest absolute Gasteiger partial charge is 0.323 e. The number of carbonyl (C=O) groups is 2. The first-order chi connectivity index (χ1) is 13.0. The maximum absolute atomic E-state index is 13.3. The Morgan fingerprint density at radius 1 is 1.07 bits per heavy atom. The van der Waals surface area contributed by atoms with Gasteiger partial charge in [0.2, 0.25) is 0 Å². The number of Topliss-reactive ketones (excluding diaryl/α,β-unsaturated/α-hetero) is 1. The van der Waals surface area contributed by atoms with E-state index < -0.39 is 11.9 Å². The summed E-state index contributed by atoms with van der Waals surface area (Å²) in [6, 6.07) is 16.7. The van der Waals surface area contributed by atoms with Gasteiger partial charge in [0.05, 0.1) is 4.47 Å². The van der Waals surface area contributed by atoms with E-state index in [2.05, 4.69) is 31.9 Å². The molecule has 27 heavy (non-hydrogen) atoms. The first-order valence-electron chi connectivity index (χ1n) is 8.32. The molecule has 0 N–H and O–H groups in total. The van der Waals surface area contributed by atoms with Crippen molar-refractivity contribution in [1.82, 2.24) is 0 Å². The predicted molar refractivity (Wildman–Crippen MR) is 113 cm³/mol. The lowest BCUT2D eigenvalue weighted by Gasteiger charge is -2.31. The SMILES string of the molecule is Cc1ccc([C@@H]2c3cc(Br)cc(Br)c3OC(=O)[C@H]2C(=O)c2ccccc2)s1. The molecule has 4 rings (SSSR count).